The van der Waals surface area contributed by atoms with Gasteiger partial charge >= 0.3 is 0 Å². The summed E-state index contributed by atoms with van der Waals surface area (Å²) in [6, 6.07) is 8.57. The Morgan fingerprint density at radius 2 is 1.48 bits per heavy atom. The van der Waals surface area contributed by atoms with E-state index in [2.05, 4.69) is 89.3 Å². The molecule has 0 aliphatic heterocycles. The second-order valence-corrected chi connectivity index (χ2v) is 5.37. The zero-order chi connectivity index (χ0) is 17.9. The van der Waals surface area contributed by atoms with Gasteiger partial charge in [0, 0.05) is 0 Å². The minimum absolute atomic E-state index is 1.16. The Morgan fingerprint density at radius 3 is 1.96 bits per heavy atom. The second kappa shape index (κ2) is 18.5. The van der Waals surface area contributed by atoms with E-state index in [9.17, 15) is 0 Å². The third-order valence-corrected chi connectivity index (χ3v) is 3.07. The highest BCUT2D eigenvalue weighted by Crippen LogP contribution is 2.07. The van der Waals surface area contributed by atoms with E-state index in [0.717, 1.165) is 6.42 Å². The molecule has 0 aliphatic rings. The Bertz CT molecular complexity index is 428. The Morgan fingerprint density at radius 1 is 0.913 bits per heavy atom. The van der Waals surface area contributed by atoms with Crippen LogP contribution < -0.4 is 0 Å². The summed E-state index contributed by atoms with van der Waals surface area (Å²) in [4.78, 5) is 0. The average molecular weight is 315 g/mol. The van der Waals surface area contributed by atoms with Gasteiger partial charge in [-0.3, -0.25) is 0 Å². The fourth-order valence-electron chi connectivity index (χ4n) is 1.44. The molecule has 0 atom stereocenters. The molecule has 0 bridgehead atoms. The maximum atomic E-state index is 2.21. The molecule has 1 aromatic carbocycles. The van der Waals surface area contributed by atoms with Gasteiger partial charge in [-0.25, -0.2) is 0 Å². The summed E-state index contributed by atoms with van der Waals surface area (Å²) in [5.74, 6) is 0. The number of benzene rings is 1. The van der Waals surface area contributed by atoms with Crippen molar-refractivity contribution in [1.82, 2.24) is 0 Å². The van der Waals surface area contributed by atoms with Crippen LogP contribution in [0, 0.1) is 6.92 Å². The number of aryl methyl sites for hydroxylation is 1. The van der Waals surface area contributed by atoms with E-state index in [0.29, 0.717) is 0 Å². The maximum absolute atomic E-state index is 2.21. The van der Waals surface area contributed by atoms with Gasteiger partial charge in [0.25, 0.3) is 0 Å². The van der Waals surface area contributed by atoms with Gasteiger partial charge in [0.2, 0.25) is 0 Å². The molecule has 1 aromatic rings. The van der Waals surface area contributed by atoms with Crippen LogP contribution in [0.25, 0.3) is 6.08 Å². The first kappa shape index (κ1) is 23.7. The lowest BCUT2D eigenvalue weighted by molar-refractivity contribution is 0.886. The van der Waals surface area contributed by atoms with Crippen LogP contribution >= 0.6 is 0 Å². The monoisotopic (exact) mass is 314 g/mol. The van der Waals surface area contributed by atoms with E-state index >= 15 is 0 Å². The molecule has 0 saturated carbocycles. The molecule has 0 fully saturated rings. The Hall–Kier alpha value is -1.56. The predicted molar refractivity (Wildman–Crippen MR) is 110 cm³/mol. The van der Waals surface area contributed by atoms with Crippen molar-refractivity contribution in [3.63, 3.8) is 0 Å². The molecule has 0 amide bonds. The van der Waals surface area contributed by atoms with Crippen LogP contribution in [0.1, 0.15) is 78.4 Å². The molecule has 0 heteroatoms. The first-order valence-electron chi connectivity index (χ1n) is 9.22. The molecule has 0 radical (unpaired) electrons. The van der Waals surface area contributed by atoms with Crippen LogP contribution in [0.4, 0.5) is 0 Å². The largest absolute Gasteiger partial charge is 0.0845 e. The van der Waals surface area contributed by atoms with Gasteiger partial charge in [-0.05, 0) is 25.8 Å². The fraction of sp³-hybridized carbons (Fsp3) is 0.478. The van der Waals surface area contributed by atoms with Crippen molar-refractivity contribution in [2.24, 2.45) is 0 Å². The lowest BCUT2D eigenvalue weighted by Gasteiger charge is -1.95. The molecule has 130 valence electrons. The van der Waals surface area contributed by atoms with Crippen molar-refractivity contribution in [2.45, 2.75) is 74.1 Å². The molecule has 0 heterocycles. The van der Waals surface area contributed by atoms with Crippen molar-refractivity contribution >= 4 is 6.08 Å². The van der Waals surface area contributed by atoms with E-state index in [1.165, 1.54) is 36.0 Å². The highest BCUT2D eigenvalue weighted by atomic mass is 13.9. The molecule has 0 unspecified atom stereocenters. The van der Waals surface area contributed by atoms with Crippen molar-refractivity contribution in [1.29, 1.82) is 0 Å². The highest BCUT2D eigenvalue weighted by Gasteiger charge is 1.86. The van der Waals surface area contributed by atoms with E-state index < -0.39 is 0 Å². The number of hydrogen-bond acceptors (Lipinski definition) is 0. The Balaban J connectivity index is 0. The molecule has 0 N–H and O–H groups in total. The topological polar surface area (TPSA) is 0 Å². The zero-order valence-corrected chi connectivity index (χ0v) is 16.5. The average Bonchev–Trinajstić information content (AvgIpc) is 2.60. The summed E-state index contributed by atoms with van der Waals surface area (Å²) in [6.45, 7) is 14.8. The van der Waals surface area contributed by atoms with Crippen molar-refractivity contribution in [3.05, 3.63) is 65.3 Å². The van der Waals surface area contributed by atoms with Crippen molar-refractivity contribution in [2.75, 3.05) is 0 Å². The van der Waals surface area contributed by atoms with Crippen LogP contribution in [0.15, 0.2) is 54.1 Å². The van der Waals surface area contributed by atoms with Crippen LogP contribution in [0.5, 0.6) is 0 Å². The third-order valence-electron chi connectivity index (χ3n) is 3.07. The van der Waals surface area contributed by atoms with E-state index in [-0.39, 0.29) is 0 Å². The third kappa shape index (κ3) is 16.6. The summed E-state index contributed by atoms with van der Waals surface area (Å²) < 4.78 is 0. The molecular formula is C23H38. The molecule has 0 nitrogen and oxygen atoms in total. The van der Waals surface area contributed by atoms with Gasteiger partial charge in [0.15, 0.2) is 0 Å². The van der Waals surface area contributed by atoms with Crippen LogP contribution in [-0.2, 0) is 0 Å². The first-order valence-corrected chi connectivity index (χ1v) is 9.22. The van der Waals surface area contributed by atoms with Gasteiger partial charge in [-0.2, -0.15) is 0 Å². The van der Waals surface area contributed by atoms with Gasteiger partial charge in [0.1, 0.15) is 0 Å². The summed E-state index contributed by atoms with van der Waals surface area (Å²) in [7, 11) is 0. The van der Waals surface area contributed by atoms with Gasteiger partial charge < -0.3 is 0 Å². The predicted octanol–water partition coefficient (Wildman–Crippen LogP) is 8.14. The number of hydrogen-bond donors (Lipinski definition) is 0. The molecule has 23 heavy (non-hydrogen) atoms. The van der Waals surface area contributed by atoms with Crippen molar-refractivity contribution in [3.8, 4) is 0 Å². The SMILES string of the molecule is CC.CCC/C=C/C=C(C)\C=C/c1ccc(C)cc1.CCCC. The van der Waals surface area contributed by atoms with Gasteiger partial charge in [-0.1, -0.05) is 120 Å². The van der Waals surface area contributed by atoms with E-state index in [4.69, 9.17) is 0 Å². The fourth-order valence-corrected chi connectivity index (χ4v) is 1.44. The lowest BCUT2D eigenvalue weighted by atomic mass is 10.1. The number of unbranched alkanes of at least 4 members (excludes halogenated alkanes) is 2. The van der Waals surface area contributed by atoms with Gasteiger partial charge in [0.05, 0.1) is 0 Å². The molecule has 0 aliphatic carbocycles. The van der Waals surface area contributed by atoms with Crippen LogP contribution in [-0.4, -0.2) is 0 Å². The maximum Gasteiger partial charge on any atom is -0.0256 e. The second-order valence-electron chi connectivity index (χ2n) is 5.37. The Labute approximate surface area is 146 Å². The summed E-state index contributed by atoms with van der Waals surface area (Å²) in [5, 5.41) is 0. The van der Waals surface area contributed by atoms with Crippen LogP contribution in [0.2, 0.25) is 0 Å². The standard InChI is InChI=1S/C17H22.C4H10.C2H6/c1-4-5-6-7-8-15(2)9-12-17-13-10-16(3)11-14-17;1-3-4-2;1-2/h6-14H,4-5H2,1-3H3;3-4H2,1-2H3;1-2H3/b7-6+,12-9-,15-8-;;. The minimum Gasteiger partial charge on any atom is -0.0845 e. The van der Waals surface area contributed by atoms with Crippen LogP contribution in [0.3, 0.4) is 0 Å². The molecule has 1 rings (SSSR count). The molecule has 0 spiro atoms. The summed E-state index contributed by atoms with van der Waals surface area (Å²) >= 11 is 0. The zero-order valence-electron chi connectivity index (χ0n) is 16.5. The highest BCUT2D eigenvalue weighted by molar-refractivity contribution is 5.53. The minimum atomic E-state index is 1.16. The summed E-state index contributed by atoms with van der Waals surface area (Å²) in [5.41, 5.74) is 3.83. The normalized spacial score (nSPS) is 11.0. The van der Waals surface area contributed by atoms with E-state index in [1.807, 2.05) is 13.8 Å². The number of allylic oxidation sites excluding steroid dienone is 5. The molecule has 0 aromatic heterocycles. The number of rotatable bonds is 6. The van der Waals surface area contributed by atoms with Gasteiger partial charge in [-0.15, -0.1) is 0 Å². The smallest absolute Gasteiger partial charge is 0.0256 e. The molecule has 0 saturated heterocycles. The summed E-state index contributed by atoms with van der Waals surface area (Å²) in [6.07, 6.45) is 15.8. The molecular weight excluding hydrogens is 276 g/mol. The lowest BCUT2D eigenvalue weighted by Crippen LogP contribution is -1.74. The Kier molecular flexibility index (Phi) is 19.1. The first-order chi connectivity index (χ1) is 11.1. The van der Waals surface area contributed by atoms with Crippen molar-refractivity contribution < 1.29 is 0 Å². The quantitative estimate of drug-likeness (QED) is 0.465. The van der Waals surface area contributed by atoms with E-state index in [1.54, 1.807) is 0 Å².